The first-order valence-electron chi connectivity index (χ1n) is 10.2. The topological polar surface area (TPSA) is 70.6 Å². The van der Waals surface area contributed by atoms with E-state index in [1.54, 1.807) is 13.2 Å². The van der Waals surface area contributed by atoms with E-state index in [1.807, 2.05) is 6.92 Å². The molecule has 0 atom stereocenters. The number of carbonyl (C=O) groups is 1. The Morgan fingerprint density at radius 1 is 1.10 bits per heavy atom. The maximum atomic E-state index is 12.4. The first kappa shape index (κ1) is 21.0. The van der Waals surface area contributed by atoms with Gasteiger partial charge in [0, 0.05) is 57.8 Å². The van der Waals surface area contributed by atoms with Crippen LogP contribution in [0.4, 0.5) is 11.6 Å². The van der Waals surface area contributed by atoms with Crippen molar-refractivity contribution in [2.45, 2.75) is 27.2 Å². The molecule has 156 valence electrons. The average molecular weight is 398 g/mol. The fourth-order valence-corrected chi connectivity index (χ4v) is 3.55. The number of benzene rings is 1. The van der Waals surface area contributed by atoms with Gasteiger partial charge < -0.3 is 19.9 Å². The van der Waals surface area contributed by atoms with Crippen LogP contribution in [-0.4, -0.2) is 62.3 Å². The second-order valence-corrected chi connectivity index (χ2v) is 7.49. The number of nitrogens with one attached hydrogen (secondary N) is 1. The van der Waals surface area contributed by atoms with Gasteiger partial charge in [0.2, 0.25) is 5.95 Å². The second kappa shape index (κ2) is 9.69. The highest BCUT2D eigenvalue weighted by atomic mass is 16.5. The SMILES string of the molecule is COCCCNC(=O)c1cc(C)nc(N2CCN(c3cccc(C)c3C)CC2)n1. The molecule has 7 heteroatoms. The van der Waals surface area contributed by atoms with Crippen molar-refractivity contribution in [3.63, 3.8) is 0 Å². The molecule has 1 saturated heterocycles. The van der Waals surface area contributed by atoms with Crippen LogP contribution in [-0.2, 0) is 4.74 Å². The maximum absolute atomic E-state index is 12.4. The van der Waals surface area contributed by atoms with Gasteiger partial charge in [-0.05, 0) is 50.5 Å². The second-order valence-electron chi connectivity index (χ2n) is 7.49. The van der Waals surface area contributed by atoms with Crippen LogP contribution in [0.1, 0.15) is 33.7 Å². The molecule has 1 aromatic carbocycles. The molecule has 1 aliphatic heterocycles. The molecular weight excluding hydrogens is 366 g/mol. The Labute approximate surface area is 173 Å². The zero-order valence-electron chi connectivity index (χ0n) is 17.9. The highest BCUT2D eigenvalue weighted by Crippen LogP contribution is 2.24. The third kappa shape index (κ3) is 5.23. The molecule has 3 rings (SSSR count). The molecule has 0 spiro atoms. The number of carbonyl (C=O) groups excluding carboxylic acids is 1. The Balaban J connectivity index is 1.65. The van der Waals surface area contributed by atoms with Crippen molar-refractivity contribution in [1.29, 1.82) is 0 Å². The molecule has 29 heavy (non-hydrogen) atoms. The fraction of sp³-hybridized carbons (Fsp3) is 0.500. The number of aryl methyl sites for hydroxylation is 2. The number of hydrogen-bond donors (Lipinski definition) is 1. The van der Waals surface area contributed by atoms with Gasteiger partial charge in [-0.15, -0.1) is 0 Å². The summed E-state index contributed by atoms with van der Waals surface area (Å²) in [6.07, 6.45) is 0.777. The van der Waals surface area contributed by atoms with E-state index in [1.165, 1.54) is 16.8 Å². The Hall–Kier alpha value is -2.67. The summed E-state index contributed by atoms with van der Waals surface area (Å²) in [5.41, 5.74) is 5.16. The third-order valence-corrected chi connectivity index (χ3v) is 5.37. The van der Waals surface area contributed by atoms with Crippen molar-refractivity contribution in [3.05, 3.63) is 46.8 Å². The number of ether oxygens (including phenoxy) is 1. The van der Waals surface area contributed by atoms with Crippen LogP contribution < -0.4 is 15.1 Å². The first-order chi connectivity index (χ1) is 14.0. The van der Waals surface area contributed by atoms with Gasteiger partial charge in [-0.2, -0.15) is 0 Å². The zero-order chi connectivity index (χ0) is 20.8. The minimum absolute atomic E-state index is 0.165. The van der Waals surface area contributed by atoms with Gasteiger partial charge in [-0.1, -0.05) is 12.1 Å². The lowest BCUT2D eigenvalue weighted by Gasteiger charge is -2.37. The zero-order valence-corrected chi connectivity index (χ0v) is 17.9. The normalized spacial score (nSPS) is 14.2. The van der Waals surface area contributed by atoms with Crippen LogP contribution in [0, 0.1) is 20.8 Å². The summed E-state index contributed by atoms with van der Waals surface area (Å²) in [5.74, 6) is 0.467. The third-order valence-electron chi connectivity index (χ3n) is 5.37. The molecule has 1 aromatic heterocycles. The van der Waals surface area contributed by atoms with E-state index in [-0.39, 0.29) is 5.91 Å². The summed E-state index contributed by atoms with van der Waals surface area (Å²) in [7, 11) is 1.65. The van der Waals surface area contributed by atoms with Crippen LogP contribution in [0.25, 0.3) is 0 Å². The predicted molar refractivity (Wildman–Crippen MR) is 116 cm³/mol. The highest BCUT2D eigenvalue weighted by Gasteiger charge is 2.22. The van der Waals surface area contributed by atoms with E-state index in [2.05, 4.69) is 57.1 Å². The molecule has 0 saturated carbocycles. The molecule has 2 aromatic rings. The van der Waals surface area contributed by atoms with E-state index in [4.69, 9.17) is 4.74 Å². The van der Waals surface area contributed by atoms with Gasteiger partial charge in [0.1, 0.15) is 5.69 Å². The Kier molecular flexibility index (Phi) is 7.04. The minimum Gasteiger partial charge on any atom is -0.385 e. The summed E-state index contributed by atoms with van der Waals surface area (Å²) in [4.78, 5) is 26.1. The van der Waals surface area contributed by atoms with Gasteiger partial charge in [-0.25, -0.2) is 9.97 Å². The maximum Gasteiger partial charge on any atom is 0.270 e. The number of piperazine rings is 1. The quantitative estimate of drug-likeness (QED) is 0.724. The van der Waals surface area contributed by atoms with Crippen LogP contribution in [0.15, 0.2) is 24.3 Å². The van der Waals surface area contributed by atoms with E-state index >= 15 is 0 Å². The number of nitrogens with zero attached hydrogens (tertiary/aromatic N) is 4. The molecule has 1 N–H and O–H groups in total. The Morgan fingerprint density at radius 2 is 1.83 bits per heavy atom. The van der Waals surface area contributed by atoms with Crippen molar-refractivity contribution in [3.8, 4) is 0 Å². The molecule has 2 heterocycles. The molecule has 1 amide bonds. The molecule has 7 nitrogen and oxygen atoms in total. The highest BCUT2D eigenvalue weighted by molar-refractivity contribution is 5.92. The summed E-state index contributed by atoms with van der Waals surface area (Å²) < 4.78 is 5.01. The van der Waals surface area contributed by atoms with Crippen molar-refractivity contribution in [2.24, 2.45) is 0 Å². The number of amides is 1. The van der Waals surface area contributed by atoms with Crippen LogP contribution >= 0.6 is 0 Å². The van der Waals surface area contributed by atoms with Gasteiger partial charge in [-0.3, -0.25) is 4.79 Å². The van der Waals surface area contributed by atoms with Gasteiger partial charge >= 0.3 is 0 Å². The molecule has 0 aliphatic carbocycles. The summed E-state index contributed by atoms with van der Waals surface area (Å²) in [5, 5.41) is 2.90. The number of rotatable bonds is 7. The number of anilines is 2. The first-order valence-corrected chi connectivity index (χ1v) is 10.2. The summed E-state index contributed by atoms with van der Waals surface area (Å²) in [6, 6.07) is 8.19. The number of hydrogen-bond acceptors (Lipinski definition) is 6. The molecule has 0 unspecified atom stereocenters. The number of methoxy groups -OCH3 is 1. The summed E-state index contributed by atoms with van der Waals surface area (Å²) in [6.45, 7) is 10.9. The Morgan fingerprint density at radius 3 is 2.55 bits per heavy atom. The smallest absolute Gasteiger partial charge is 0.270 e. The average Bonchev–Trinajstić information content (AvgIpc) is 2.73. The monoisotopic (exact) mass is 397 g/mol. The van der Waals surface area contributed by atoms with Gasteiger partial charge in [0.25, 0.3) is 5.91 Å². The van der Waals surface area contributed by atoms with Crippen molar-refractivity contribution in [2.75, 3.05) is 56.2 Å². The molecule has 1 fully saturated rings. The minimum atomic E-state index is -0.165. The lowest BCUT2D eigenvalue weighted by atomic mass is 10.1. The van der Waals surface area contributed by atoms with Crippen molar-refractivity contribution < 1.29 is 9.53 Å². The van der Waals surface area contributed by atoms with E-state index < -0.39 is 0 Å². The standard InChI is InChI=1S/C22H31N5O2/c1-16-7-5-8-20(18(16)3)26-10-12-27(13-11-26)22-24-17(2)15-19(25-22)21(28)23-9-6-14-29-4/h5,7-8,15H,6,9-14H2,1-4H3,(H,23,28). The molecular formula is C22H31N5O2. The van der Waals surface area contributed by atoms with E-state index in [0.717, 1.165) is 38.3 Å². The van der Waals surface area contributed by atoms with Gasteiger partial charge in [0.05, 0.1) is 0 Å². The van der Waals surface area contributed by atoms with Gasteiger partial charge in [0.15, 0.2) is 0 Å². The van der Waals surface area contributed by atoms with E-state index in [0.29, 0.717) is 24.8 Å². The van der Waals surface area contributed by atoms with Crippen LogP contribution in [0.2, 0.25) is 0 Å². The molecule has 0 bridgehead atoms. The molecule has 0 radical (unpaired) electrons. The lowest BCUT2D eigenvalue weighted by Crippen LogP contribution is -2.47. The fourth-order valence-electron chi connectivity index (χ4n) is 3.55. The van der Waals surface area contributed by atoms with Crippen LogP contribution in [0.3, 0.4) is 0 Å². The van der Waals surface area contributed by atoms with Crippen molar-refractivity contribution in [1.82, 2.24) is 15.3 Å². The van der Waals surface area contributed by atoms with E-state index in [9.17, 15) is 4.79 Å². The number of aromatic nitrogens is 2. The lowest BCUT2D eigenvalue weighted by molar-refractivity contribution is 0.0943. The Bertz CT molecular complexity index is 847. The predicted octanol–water partition coefficient (Wildman–Crippen LogP) is 2.49. The molecule has 1 aliphatic rings. The van der Waals surface area contributed by atoms with Crippen molar-refractivity contribution >= 4 is 17.5 Å². The summed E-state index contributed by atoms with van der Waals surface area (Å²) >= 11 is 0. The van der Waals surface area contributed by atoms with Crippen LogP contribution in [0.5, 0.6) is 0 Å². The largest absolute Gasteiger partial charge is 0.385 e.